The lowest BCUT2D eigenvalue weighted by atomic mass is 10.1. The standard InChI is InChI=1S/C31H34N6O3/c1-21-17-23-19-25(10-12-28(23)40-21)34-31(33-24-9-11-26-22(18-24)7-6-13-32-26)35-27-8-2-3-16-37(30(27)39)20-29(38)36-14-4-5-15-36/h6-7,9-13,17-19,27H,2-5,8,14-16,20H2,1H3,(H2,33,34,35)/t27-/m0/s1. The smallest absolute Gasteiger partial charge is 0.247 e. The molecular formula is C31H34N6O3. The lowest BCUT2D eigenvalue weighted by molar-refractivity contribution is -0.140. The van der Waals surface area contributed by atoms with Crippen LogP contribution in [0.15, 0.2) is 70.2 Å². The van der Waals surface area contributed by atoms with Crippen molar-refractivity contribution in [2.45, 2.75) is 45.1 Å². The summed E-state index contributed by atoms with van der Waals surface area (Å²) in [6.45, 7) is 4.18. The number of aliphatic imine (C=N–C) groups is 1. The van der Waals surface area contributed by atoms with Gasteiger partial charge in [0.05, 0.1) is 12.1 Å². The number of nitrogens with zero attached hydrogens (tertiary/aromatic N) is 4. The molecule has 4 heterocycles. The predicted molar refractivity (Wildman–Crippen MR) is 157 cm³/mol. The molecule has 0 radical (unpaired) electrons. The first-order chi connectivity index (χ1) is 19.5. The van der Waals surface area contributed by atoms with Crippen LogP contribution >= 0.6 is 0 Å². The SMILES string of the molecule is Cc1cc2cc(NC(=N[C@H]3CCCCN(CC(=O)N4CCCC4)C3=O)Nc3ccc4ncccc4c3)ccc2o1. The van der Waals surface area contributed by atoms with Crippen molar-refractivity contribution in [3.63, 3.8) is 0 Å². The van der Waals surface area contributed by atoms with Crippen LogP contribution in [0.2, 0.25) is 0 Å². The highest BCUT2D eigenvalue weighted by atomic mass is 16.3. The van der Waals surface area contributed by atoms with Crippen molar-refractivity contribution >= 4 is 51.0 Å². The summed E-state index contributed by atoms with van der Waals surface area (Å²) in [5.74, 6) is 1.24. The fourth-order valence-electron chi connectivity index (χ4n) is 5.52. The van der Waals surface area contributed by atoms with Crippen LogP contribution < -0.4 is 10.6 Å². The Kier molecular flexibility index (Phi) is 7.35. The molecule has 2 aliphatic heterocycles. The topological polar surface area (TPSA) is 103 Å². The first kappa shape index (κ1) is 25.9. The predicted octanol–water partition coefficient (Wildman–Crippen LogP) is 5.17. The Morgan fingerprint density at radius 1 is 0.975 bits per heavy atom. The Balaban J connectivity index is 1.28. The Labute approximate surface area is 233 Å². The highest BCUT2D eigenvalue weighted by Crippen LogP contribution is 2.24. The van der Waals surface area contributed by atoms with E-state index in [1.807, 2.05) is 66.4 Å². The van der Waals surface area contributed by atoms with Crippen LogP contribution in [0.5, 0.6) is 0 Å². The van der Waals surface area contributed by atoms with Crippen molar-refractivity contribution in [2.75, 3.05) is 36.8 Å². The summed E-state index contributed by atoms with van der Waals surface area (Å²) < 4.78 is 5.73. The third-order valence-electron chi connectivity index (χ3n) is 7.59. The molecule has 2 aromatic heterocycles. The molecule has 2 fully saturated rings. The number of pyridine rings is 1. The summed E-state index contributed by atoms with van der Waals surface area (Å²) in [6.07, 6.45) is 6.18. The molecule has 40 heavy (non-hydrogen) atoms. The largest absolute Gasteiger partial charge is 0.461 e. The van der Waals surface area contributed by atoms with Crippen LogP contribution in [0, 0.1) is 6.92 Å². The molecule has 0 bridgehead atoms. The van der Waals surface area contributed by atoms with Crippen molar-refractivity contribution in [2.24, 2.45) is 4.99 Å². The van der Waals surface area contributed by atoms with Gasteiger partial charge in [0.1, 0.15) is 17.4 Å². The summed E-state index contributed by atoms with van der Waals surface area (Å²) in [6, 6.07) is 17.1. The summed E-state index contributed by atoms with van der Waals surface area (Å²) in [7, 11) is 0. The number of hydrogen-bond donors (Lipinski definition) is 2. The molecule has 2 aromatic carbocycles. The van der Waals surface area contributed by atoms with Crippen LogP contribution in [-0.4, -0.2) is 64.8 Å². The van der Waals surface area contributed by atoms with Crippen molar-refractivity contribution in [3.05, 3.63) is 66.6 Å². The van der Waals surface area contributed by atoms with Crippen molar-refractivity contribution < 1.29 is 14.0 Å². The molecule has 0 spiro atoms. The highest BCUT2D eigenvalue weighted by Gasteiger charge is 2.30. The number of fused-ring (bicyclic) bond motifs is 2. The van der Waals surface area contributed by atoms with Gasteiger partial charge < -0.3 is 24.9 Å². The van der Waals surface area contributed by atoms with Gasteiger partial charge in [-0.05, 0) is 87.6 Å². The zero-order chi connectivity index (χ0) is 27.5. The van der Waals surface area contributed by atoms with E-state index < -0.39 is 6.04 Å². The maximum absolute atomic E-state index is 13.7. The molecule has 4 aromatic rings. The first-order valence-corrected chi connectivity index (χ1v) is 14.1. The molecule has 0 aliphatic carbocycles. The number of hydrogen-bond acceptors (Lipinski definition) is 5. The monoisotopic (exact) mass is 538 g/mol. The summed E-state index contributed by atoms with van der Waals surface area (Å²) >= 11 is 0. The molecule has 0 unspecified atom stereocenters. The zero-order valence-electron chi connectivity index (χ0n) is 22.7. The van der Waals surface area contributed by atoms with Gasteiger partial charge in [-0.3, -0.25) is 14.6 Å². The van der Waals surface area contributed by atoms with Gasteiger partial charge in [-0.1, -0.05) is 6.07 Å². The number of nitrogens with one attached hydrogen (secondary N) is 2. The van der Waals surface area contributed by atoms with Gasteiger partial charge >= 0.3 is 0 Å². The molecular weight excluding hydrogens is 504 g/mol. The molecule has 6 rings (SSSR count). The first-order valence-electron chi connectivity index (χ1n) is 14.1. The van der Waals surface area contributed by atoms with Gasteiger partial charge in [0.2, 0.25) is 17.8 Å². The number of carbonyl (C=O) groups excluding carboxylic acids is 2. The molecule has 2 N–H and O–H groups in total. The average molecular weight is 539 g/mol. The Morgan fingerprint density at radius 3 is 2.55 bits per heavy atom. The maximum Gasteiger partial charge on any atom is 0.247 e. The Bertz CT molecular complexity index is 1570. The minimum absolute atomic E-state index is 0.0282. The molecule has 2 saturated heterocycles. The lowest BCUT2D eigenvalue weighted by Crippen LogP contribution is -2.45. The number of aromatic nitrogens is 1. The molecule has 2 aliphatic rings. The normalized spacial score (nSPS) is 18.4. The van der Waals surface area contributed by atoms with Crippen LogP contribution in [0.3, 0.4) is 0 Å². The van der Waals surface area contributed by atoms with Crippen LogP contribution in [0.1, 0.15) is 37.9 Å². The van der Waals surface area contributed by atoms with Crippen LogP contribution in [0.25, 0.3) is 21.9 Å². The van der Waals surface area contributed by atoms with Gasteiger partial charge in [0.15, 0.2) is 0 Å². The van der Waals surface area contributed by atoms with Crippen molar-refractivity contribution in [3.8, 4) is 0 Å². The molecule has 1 atom stereocenters. The minimum Gasteiger partial charge on any atom is -0.461 e. The van der Waals surface area contributed by atoms with Crippen LogP contribution in [-0.2, 0) is 9.59 Å². The molecule has 206 valence electrons. The fourth-order valence-corrected chi connectivity index (χ4v) is 5.52. The number of amides is 2. The van der Waals surface area contributed by atoms with Gasteiger partial charge in [0.25, 0.3) is 0 Å². The second kappa shape index (κ2) is 11.4. The van der Waals surface area contributed by atoms with E-state index in [-0.39, 0.29) is 18.4 Å². The second-order valence-electron chi connectivity index (χ2n) is 10.6. The summed E-state index contributed by atoms with van der Waals surface area (Å²) in [5.41, 5.74) is 3.37. The number of rotatable bonds is 5. The molecule has 9 heteroatoms. The number of benzene rings is 2. The average Bonchev–Trinajstić information content (AvgIpc) is 3.59. The van der Waals surface area contributed by atoms with Gasteiger partial charge in [-0.2, -0.15) is 0 Å². The molecule has 0 saturated carbocycles. The number of carbonyl (C=O) groups is 2. The van der Waals surface area contributed by atoms with Crippen molar-refractivity contribution in [1.29, 1.82) is 0 Å². The van der Waals surface area contributed by atoms with E-state index in [1.54, 1.807) is 11.1 Å². The fraction of sp³-hybridized carbons (Fsp3) is 0.355. The number of aryl methyl sites for hydroxylation is 1. The maximum atomic E-state index is 13.7. The third-order valence-corrected chi connectivity index (χ3v) is 7.59. The van der Waals surface area contributed by atoms with E-state index in [9.17, 15) is 9.59 Å². The van der Waals surface area contributed by atoms with E-state index >= 15 is 0 Å². The van der Waals surface area contributed by atoms with Gasteiger partial charge in [-0.15, -0.1) is 0 Å². The number of guanidine groups is 1. The third kappa shape index (κ3) is 5.78. The van der Waals surface area contributed by atoms with E-state index in [1.165, 1.54) is 0 Å². The van der Waals surface area contributed by atoms with E-state index in [0.717, 1.165) is 77.8 Å². The van der Waals surface area contributed by atoms with E-state index in [0.29, 0.717) is 18.9 Å². The number of anilines is 2. The highest BCUT2D eigenvalue weighted by molar-refractivity contribution is 6.06. The second-order valence-corrected chi connectivity index (χ2v) is 10.6. The minimum atomic E-state index is -0.592. The van der Waals surface area contributed by atoms with Crippen molar-refractivity contribution in [1.82, 2.24) is 14.8 Å². The van der Waals surface area contributed by atoms with E-state index in [2.05, 4.69) is 15.6 Å². The molecule has 9 nitrogen and oxygen atoms in total. The van der Waals surface area contributed by atoms with Gasteiger partial charge in [0, 0.05) is 48.0 Å². The van der Waals surface area contributed by atoms with Gasteiger partial charge in [-0.25, -0.2) is 4.99 Å². The lowest BCUT2D eigenvalue weighted by Gasteiger charge is -2.25. The number of furan rings is 1. The number of likely N-dealkylation sites (tertiary alicyclic amines) is 2. The quantitative estimate of drug-likeness (QED) is 0.268. The van der Waals surface area contributed by atoms with E-state index in [4.69, 9.17) is 9.41 Å². The summed E-state index contributed by atoms with van der Waals surface area (Å²) in [4.78, 5) is 39.4. The summed E-state index contributed by atoms with van der Waals surface area (Å²) in [5, 5.41) is 8.79. The zero-order valence-corrected chi connectivity index (χ0v) is 22.7. The van der Waals surface area contributed by atoms with Crippen LogP contribution in [0.4, 0.5) is 11.4 Å². The molecule has 2 amide bonds. The Morgan fingerprint density at radius 2 is 1.73 bits per heavy atom. The Hall–Kier alpha value is -4.40.